The summed E-state index contributed by atoms with van der Waals surface area (Å²) >= 11 is 1.33. The first-order valence-electron chi connectivity index (χ1n) is 9.65. The van der Waals surface area contributed by atoms with E-state index in [2.05, 4.69) is 31.7 Å². The van der Waals surface area contributed by atoms with Gasteiger partial charge in [-0.2, -0.15) is 9.36 Å². The Morgan fingerprint density at radius 1 is 1.21 bits per heavy atom. The van der Waals surface area contributed by atoms with Gasteiger partial charge in [0.15, 0.2) is 0 Å². The number of carbonyl (C=O) groups is 1. The second-order valence-electron chi connectivity index (χ2n) is 7.05. The summed E-state index contributed by atoms with van der Waals surface area (Å²) in [5.74, 6) is 1.23. The Bertz CT molecular complexity index is 978. The van der Waals surface area contributed by atoms with Gasteiger partial charge in [-0.1, -0.05) is 35.5 Å². The van der Waals surface area contributed by atoms with E-state index in [-0.39, 0.29) is 11.9 Å². The number of anilines is 1. The molecule has 2 aromatic heterocycles. The standard InChI is InChI=1S/C20H24N6O2S/c1-13-16(19(21-3)29-24-13)20(27)26-11-9-25(10-12-26)14(2)18-22-17(23-28-18)15-7-5-4-6-8-15/h4-8,14,21H,9-12H2,1-3H3. The lowest BCUT2D eigenvalue weighted by Crippen LogP contribution is -2.49. The fourth-order valence-electron chi connectivity index (χ4n) is 3.53. The molecular weight excluding hydrogens is 388 g/mol. The monoisotopic (exact) mass is 412 g/mol. The van der Waals surface area contributed by atoms with Crippen molar-refractivity contribution in [3.63, 3.8) is 0 Å². The van der Waals surface area contributed by atoms with Crippen molar-refractivity contribution in [2.24, 2.45) is 0 Å². The van der Waals surface area contributed by atoms with Crippen LogP contribution in [0.3, 0.4) is 0 Å². The molecule has 0 radical (unpaired) electrons. The van der Waals surface area contributed by atoms with Crippen LogP contribution in [0.25, 0.3) is 11.4 Å². The van der Waals surface area contributed by atoms with Crippen LogP contribution in [-0.2, 0) is 0 Å². The molecule has 1 aliphatic heterocycles. The van der Waals surface area contributed by atoms with Gasteiger partial charge in [0, 0.05) is 38.8 Å². The minimum Gasteiger partial charge on any atom is -0.378 e. The normalized spacial score (nSPS) is 16.0. The lowest BCUT2D eigenvalue weighted by molar-refractivity contribution is 0.0552. The lowest BCUT2D eigenvalue weighted by atomic mass is 10.1. The average Bonchev–Trinajstić information content (AvgIpc) is 3.40. The molecule has 1 fully saturated rings. The minimum atomic E-state index is -0.00497. The summed E-state index contributed by atoms with van der Waals surface area (Å²) in [6.07, 6.45) is 0. The van der Waals surface area contributed by atoms with Crippen LogP contribution in [0.2, 0.25) is 0 Å². The van der Waals surface area contributed by atoms with Gasteiger partial charge in [0.1, 0.15) is 5.00 Å². The zero-order valence-electron chi connectivity index (χ0n) is 16.8. The highest BCUT2D eigenvalue weighted by Crippen LogP contribution is 2.27. The number of hydrogen-bond donors (Lipinski definition) is 1. The molecule has 0 bridgehead atoms. The van der Waals surface area contributed by atoms with Gasteiger partial charge in [0.25, 0.3) is 5.91 Å². The maximum Gasteiger partial charge on any atom is 0.258 e. The van der Waals surface area contributed by atoms with Crippen LogP contribution in [0.4, 0.5) is 5.00 Å². The molecule has 1 amide bonds. The van der Waals surface area contributed by atoms with Crippen molar-refractivity contribution >= 4 is 22.4 Å². The zero-order valence-corrected chi connectivity index (χ0v) is 17.6. The number of amides is 1. The Hall–Kier alpha value is -2.78. The molecule has 1 unspecified atom stereocenters. The molecule has 1 aromatic carbocycles. The van der Waals surface area contributed by atoms with Gasteiger partial charge in [0.2, 0.25) is 11.7 Å². The third kappa shape index (κ3) is 3.88. The molecular formula is C20H24N6O2S. The first-order valence-corrected chi connectivity index (χ1v) is 10.4. The highest BCUT2D eigenvalue weighted by Gasteiger charge is 2.30. The van der Waals surface area contributed by atoms with Crippen molar-refractivity contribution in [2.45, 2.75) is 19.9 Å². The van der Waals surface area contributed by atoms with Crippen molar-refractivity contribution in [3.05, 3.63) is 47.5 Å². The summed E-state index contributed by atoms with van der Waals surface area (Å²) in [6, 6.07) is 9.79. The van der Waals surface area contributed by atoms with Crippen LogP contribution >= 0.6 is 11.5 Å². The predicted molar refractivity (Wildman–Crippen MR) is 112 cm³/mol. The van der Waals surface area contributed by atoms with Gasteiger partial charge in [-0.15, -0.1) is 0 Å². The summed E-state index contributed by atoms with van der Waals surface area (Å²) < 4.78 is 9.82. The van der Waals surface area contributed by atoms with Crippen molar-refractivity contribution in [1.29, 1.82) is 0 Å². The van der Waals surface area contributed by atoms with Gasteiger partial charge in [0.05, 0.1) is 17.3 Å². The van der Waals surface area contributed by atoms with E-state index in [9.17, 15) is 4.79 Å². The smallest absolute Gasteiger partial charge is 0.258 e. The Balaban J connectivity index is 1.40. The average molecular weight is 413 g/mol. The summed E-state index contributed by atoms with van der Waals surface area (Å²) in [5.41, 5.74) is 2.40. The molecule has 4 rings (SSSR count). The Labute approximate surface area is 173 Å². The van der Waals surface area contributed by atoms with Gasteiger partial charge in [-0.05, 0) is 25.4 Å². The van der Waals surface area contributed by atoms with Crippen LogP contribution < -0.4 is 5.32 Å². The quantitative estimate of drug-likeness (QED) is 0.689. The Morgan fingerprint density at radius 2 is 1.93 bits per heavy atom. The van der Waals surface area contributed by atoms with Crippen LogP contribution in [0.15, 0.2) is 34.9 Å². The number of piperazine rings is 1. The highest BCUT2D eigenvalue weighted by molar-refractivity contribution is 7.10. The summed E-state index contributed by atoms with van der Waals surface area (Å²) in [4.78, 5) is 21.7. The number of aryl methyl sites for hydroxylation is 1. The maximum absolute atomic E-state index is 13.0. The van der Waals surface area contributed by atoms with E-state index in [1.165, 1.54) is 11.5 Å². The molecule has 0 spiro atoms. The third-order valence-corrected chi connectivity index (χ3v) is 6.24. The minimum absolute atomic E-state index is 0.00497. The van der Waals surface area contributed by atoms with Gasteiger partial charge in [-0.25, -0.2) is 0 Å². The number of aromatic nitrogens is 3. The van der Waals surface area contributed by atoms with Crippen molar-refractivity contribution in [1.82, 2.24) is 24.3 Å². The number of benzene rings is 1. The number of nitrogens with one attached hydrogen (secondary N) is 1. The maximum atomic E-state index is 13.0. The lowest BCUT2D eigenvalue weighted by Gasteiger charge is -2.36. The summed E-state index contributed by atoms with van der Waals surface area (Å²) in [6.45, 7) is 6.75. The SMILES string of the molecule is CNc1snc(C)c1C(=O)N1CCN(C(C)c2nc(-c3ccccc3)no2)CC1. The summed E-state index contributed by atoms with van der Waals surface area (Å²) in [7, 11) is 1.82. The fourth-order valence-corrected chi connectivity index (χ4v) is 4.27. The third-order valence-electron chi connectivity index (χ3n) is 5.28. The van der Waals surface area contributed by atoms with E-state index in [1.54, 1.807) is 0 Å². The topological polar surface area (TPSA) is 87.4 Å². The Kier molecular flexibility index (Phi) is 5.59. The van der Waals surface area contributed by atoms with Crippen molar-refractivity contribution < 1.29 is 9.32 Å². The van der Waals surface area contributed by atoms with Crippen LogP contribution in [0.5, 0.6) is 0 Å². The van der Waals surface area contributed by atoms with E-state index >= 15 is 0 Å². The molecule has 0 saturated carbocycles. The zero-order chi connectivity index (χ0) is 20.4. The molecule has 1 saturated heterocycles. The van der Waals surface area contributed by atoms with E-state index in [4.69, 9.17) is 4.52 Å². The molecule has 1 aliphatic rings. The number of hydrogen-bond acceptors (Lipinski definition) is 8. The van der Waals surface area contributed by atoms with Gasteiger partial charge >= 0.3 is 0 Å². The molecule has 152 valence electrons. The molecule has 0 aliphatic carbocycles. The van der Waals surface area contributed by atoms with E-state index in [1.807, 2.05) is 49.2 Å². The van der Waals surface area contributed by atoms with Gasteiger partial charge in [-0.3, -0.25) is 9.69 Å². The van der Waals surface area contributed by atoms with Crippen LogP contribution in [-0.4, -0.2) is 63.4 Å². The molecule has 9 heteroatoms. The summed E-state index contributed by atoms with van der Waals surface area (Å²) in [5, 5.41) is 8.01. The second kappa shape index (κ2) is 8.30. The highest BCUT2D eigenvalue weighted by atomic mass is 32.1. The molecule has 29 heavy (non-hydrogen) atoms. The number of carbonyl (C=O) groups excluding carboxylic acids is 1. The van der Waals surface area contributed by atoms with Gasteiger partial charge < -0.3 is 14.7 Å². The Morgan fingerprint density at radius 3 is 2.62 bits per heavy atom. The van der Waals surface area contributed by atoms with Crippen LogP contribution in [0, 0.1) is 6.92 Å². The first kappa shape index (κ1) is 19.5. The van der Waals surface area contributed by atoms with Crippen molar-refractivity contribution in [3.8, 4) is 11.4 Å². The van der Waals surface area contributed by atoms with Crippen molar-refractivity contribution in [2.75, 3.05) is 38.5 Å². The molecule has 1 N–H and O–H groups in total. The predicted octanol–water partition coefficient (Wildman–Crippen LogP) is 3.06. The molecule has 1 atom stereocenters. The second-order valence-corrected chi connectivity index (χ2v) is 7.82. The van der Waals surface area contributed by atoms with E-state index in [0.717, 1.165) is 29.3 Å². The molecule has 3 heterocycles. The molecule has 8 nitrogen and oxygen atoms in total. The van der Waals surface area contributed by atoms with E-state index < -0.39 is 0 Å². The number of nitrogens with zero attached hydrogens (tertiary/aromatic N) is 5. The number of rotatable bonds is 5. The molecule has 3 aromatic rings. The van der Waals surface area contributed by atoms with Crippen LogP contribution in [0.1, 0.15) is 34.9 Å². The van der Waals surface area contributed by atoms with E-state index in [0.29, 0.717) is 30.4 Å². The largest absolute Gasteiger partial charge is 0.378 e. The fraction of sp³-hybridized carbons (Fsp3) is 0.400. The first-order chi connectivity index (χ1) is 14.1.